The van der Waals surface area contributed by atoms with Gasteiger partial charge >= 0.3 is 5.97 Å². The maximum Gasteiger partial charge on any atom is 0.302 e. The van der Waals surface area contributed by atoms with Crippen LogP contribution in [0.4, 0.5) is 0 Å². The average molecular weight is 206 g/mol. The Balaban J connectivity index is 2.59. The summed E-state index contributed by atoms with van der Waals surface area (Å²) in [5.74, 6) is 0.524. The van der Waals surface area contributed by atoms with Crippen LogP contribution in [0.2, 0.25) is 0 Å². The molecule has 0 aliphatic carbocycles. The van der Waals surface area contributed by atoms with E-state index in [2.05, 4.69) is 0 Å². The molecule has 0 unspecified atom stereocenters. The Bertz CT molecular complexity index is 356. The number of carbonyl (C=O) groups excluding carboxylic acids is 1. The van der Waals surface area contributed by atoms with Crippen LogP contribution in [-0.4, -0.2) is 19.7 Å². The maximum atomic E-state index is 10.5. The van der Waals surface area contributed by atoms with E-state index in [1.165, 1.54) is 6.92 Å². The van der Waals surface area contributed by atoms with Crippen LogP contribution in [0.25, 0.3) is 6.08 Å². The molecule has 1 aromatic carbocycles. The van der Waals surface area contributed by atoms with E-state index in [1.807, 2.05) is 30.3 Å². The summed E-state index contributed by atoms with van der Waals surface area (Å²) >= 11 is 0. The number of para-hydroxylation sites is 1. The zero-order valence-electron chi connectivity index (χ0n) is 8.90. The first-order valence-corrected chi connectivity index (χ1v) is 4.67. The normalized spacial score (nSPS) is 10.3. The van der Waals surface area contributed by atoms with Gasteiger partial charge in [0.2, 0.25) is 0 Å². The molecule has 0 spiro atoms. The van der Waals surface area contributed by atoms with Gasteiger partial charge in [-0.15, -0.1) is 0 Å². The summed E-state index contributed by atoms with van der Waals surface area (Å²) in [6, 6.07) is 7.64. The van der Waals surface area contributed by atoms with Crippen molar-refractivity contribution < 1.29 is 14.3 Å². The van der Waals surface area contributed by atoms with Gasteiger partial charge < -0.3 is 9.47 Å². The fraction of sp³-hybridized carbons (Fsp3) is 0.250. The van der Waals surface area contributed by atoms with Gasteiger partial charge in [-0.05, 0) is 12.1 Å². The number of ether oxygens (including phenoxy) is 2. The standard InChI is InChI=1S/C12H14O3/c1-10(13)15-9-5-7-11-6-3-4-8-12(11)14-2/h3-8H,9H2,1-2H3. The lowest BCUT2D eigenvalue weighted by Gasteiger charge is -2.03. The highest BCUT2D eigenvalue weighted by atomic mass is 16.5. The third kappa shape index (κ3) is 3.85. The number of hydrogen-bond donors (Lipinski definition) is 0. The SMILES string of the molecule is COc1ccccc1C=CCOC(C)=O. The minimum atomic E-state index is -0.278. The molecule has 1 aromatic rings. The van der Waals surface area contributed by atoms with Crippen molar-refractivity contribution in [3.63, 3.8) is 0 Å². The number of benzene rings is 1. The maximum absolute atomic E-state index is 10.5. The van der Waals surface area contributed by atoms with Crippen LogP contribution in [-0.2, 0) is 9.53 Å². The Morgan fingerprint density at radius 2 is 2.13 bits per heavy atom. The quantitative estimate of drug-likeness (QED) is 0.709. The van der Waals surface area contributed by atoms with Gasteiger partial charge in [-0.25, -0.2) is 0 Å². The molecule has 15 heavy (non-hydrogen) atoms. The molecule has 0 aromatic heterocycles. The summed E-state index contributed by atoms with van der Waals surface area (Å²) in [7, 11) is 1.62. The van der Waals surface area contributed by atoms with Gasteiger partial charge in [0, 0.05) is 12.5 Å². The lowest BCUT2D eigenvalue weighted by atomic mass is 10.2. The molecule has 3 heteroatoms. The van der Waals surface area contributed by atoms with Gasteiger partial charge in [-0.3, -0.25) is 4.79 Å². The van der Waals surface area contributed by atoms with E-state index in [9.17, 15) is 4.79 Å². The van der Waals surface area contributed by atoms with E-state index in [0.29, 0.717) is 0 Å². The predicted molar refractivity (Wildman–Crippen MR) is 58.7 cm³/mol. The molecule has 0 saturated carbocycles. The highest BCUT2D eigenvalue weighted by Crippen LogP contribution is 2.18. The monoisotopic (exact) mass is 206 g/mol. The Kier molecular flexibility index (Phi) is 4.41. The molecule has 0 heterocycles. The third-order valence-electron chi connectivity index (χ3n) is 1.82. The zero-order valence-corrected chi connectivity index (χ0v) is 8.90. The topological polar surface area (TPSA) is 35.5 Å². The molecule has 0 bridgehead atoms. The van der Waals surface area contributed by atoms with Crippen molar-refractivity contribution in [3.05, 3.63) is 35.9 Å². The zero-order chi connectivity index (χ0) is 11.1. The lowest BCUT2D eigenvalue weighted by molar-refractivity contribution is -0.139. The summed E-state index contributed by atoms with van der Waals surface area (Å²) in [4.78, 5) is 10.5. The number of carbonyl (C=O) groups is 1. The highest BCUT2D eigenvalue weighted by Gasteiger charge is 1.96. The summed E-state index contributed by atoms with van der Waals surface area (Å²) in [5, 5.41) is 0. The van der Waals surface area contributed by atoms with Gasteiger partial charge in [0.1, 0.15) is 12.4 Å². The molecule has 0 radical (unpaired) electrons. The second-order valence-electron chi connectivity index (χ2n) is 2.95. The van der Waals surface area contributed by atoms with Crippen LogP contribution in [0, 0.1) is 0 Å². The molecule has 0 aliphatic rings. The second-order valence-corrected chi connectivity index (χ2v) is 2.95. The van der Waals surface area contributed by atoms with Crippen LogP contribution in [0.15, 0.2) is 30.3 Å². The fourth-order valence-electron chi connectivity index (χ4n) is 1.14. The third-order valence-corrected chi connectivity index (χ3v) is 1.82. The largest absolute Gasteiger partial charge is 0.496 e. The van der Waals surface area contributed by atoms with Gasteiger partial charge in [-0.1, -0.05) is 24.3 Å². The first kappa shape index (κ1) is 11.3. The van der Waals surface area contributed by atoms with E-state index in [4.69, 9.17) is 9.47 Å². The van der Waals surface area contributed by atoms with Crippen molar-refractivity contribution in [2.75, 3.05) is 13.7 Å². The van der Waals surface area contributed by atoms with Crippen LogP contribution in [0.5, 0.6) is 5.75 Å². The first-order chi connectivity index (χ1) is 7.24. The Morgan fingerprint density at radius 3 is 2.80 bits per heavy atom. The molecule has 1 rings (SSSR count). The Hall–Kier alpha value is -1.77. The second kappa shape index (κ2) is 5.86. The van der Waals surface area contributed by atoms with E-state index < -0.39 is 0 Å². The average Bonchev–Trinajstić information content (AvgIpc) is 2.24. The molecular weight excluding hydrogens is 192 g/mol. The summed E-state index contributed by atoms with van der Waals surface area (Å²) in [6.07, 6.45) is 3.64. The summed E-state index contributed by atoms with van der Waals surface area (Å²) in [5.41, 5.74) is 0.965. The number of methoxy groups -OCH3 is 1. The lowest BCUT2D eigenvalue weighted by Crippen LogP contribution is -1.97. The summed E-state index contributed by atoms with van der Waals surface area (Å²) < 4.78 is 9.94. The molecule has 0 saturated heterocycles. The molecule has 80 valence electrons. The molecule has 0 fully saturated rings. The molecule has 3 nitrogen and oxygen atoms in total. The van der Waals surface area contributed by atoms with E-state index in [1.54, 1.807) is 13.2 Å². The van der Waals surface area contributed by atoms with Crippen molar-refractivity contribution in [1.29, 1.82) is 0 Å². The van der Waals surface area contributed by atoms with E-state index in [0.717, 1.165) is 11.3 Å². The van der Waals surface area contributed by atoms with Crippen LogP contribution in [0.1, 0.15) is 12.5 Å². The minimum absolute atomic E-state index is 0.278. The molecule has 0 aliphatic heterocycles. The summed E-state index contributed by atoms with van der Waals surface area (Å²) in [6.45, 7) is 1.67. The van der Waals surface area contributed by atoms with Gasteiger partial charge in [0.05, 0.1) is 7.11 Å². The molecule has 0 N–H and O–H groups in total. The van der Waals surface area contributed by atoms with E-state index in [-0.39, 0.29) is 12.6 Å². The Morgan fingerprint density at radius 1 is 1.40 bits per heavy atom. The van der Waals surface area contributed by atoms with Crippen molar-refractivity contribution in [3.8, 4) is 5.75 Å². The van der Waals surface area contributed by atoms with E-state index >= 15 is 0 Å². The van der Waals surface area contributed by atoms with Crippen molar-refractivity contribution >= 4 is 12.0 Å². The number of esters is 1. The van der Waals surface area contributed by atoms with Crippen LogP contribution in [0.3, 0.4) is 0 Å². The Labute approximate surface area is 89.3 Å². The number of hydrogen-bond acceptors (Lipinski definition) is 3. The first-order valence-electron chi connectivity index (χ1n) is 4.67. The van der Waals surface area contributed by atoms with Gasteiger partial charge in [-0.2, -0.15) is 0 Å². The van der Waals surface area contributed by atoms with Crippen LogP contribution >= 0.6 is 0 Å². The van der Waals surface area contributed by atoms with Crippen molar-refractivity contribution in [2.45, 2.75) is 6.92 Å². The van der Waals surface area contributed by atoms with Crippen molar-refractivity contribution in [2.24, 2.45) is 0 Å². The predicted octanol–water partition coefficient (Wildman–Crippen LogP) is 2.27. The number of rotatable bonds is 4. The van der Waals surface area contributed by atoms with Gasteiger partial charge in [0.15, 0.2) is 0 Å². The van der Waals surface area contributed by atoms with Crippen LogP contribution < -0.4 is 4.74 Å². The van der Waals surface area contributed by atoms with Crippen molar-refractivity contribution in [1.82, 2.24) is 0 Å². The highest BCUT2D eigenvalue weighted by molar-refractivity contribution is 5.66. The van der Waals surface area contributed by atoms with Gasteiger partial charge in [0.25, 0.3) is 0 Å². The molecule has 0 atom stereocenters. The fourth-order valence-corrected chi connectivity index (χ4v) is 1.14. The molecule has 0 amide bonds. The minimum Gasteiger partial charge on any atom is -0.496 e. The smallest absolute Gasteiger partial charge is 0.302 e. The molecular formula is C12H14O3.